The van der Waals surface area contributed by atoms with Gasteiger partial charge >= 0.3 is 0 Å². The van der Waals surface area contributed by atoms with E-state index >= 15 is 0 Å². The second-order valence-corrected chi connectivity index (χ2v) is 7.45. The third kappa shape index (κ3) is 4.13. The van der Waals surface area contributed by atoms with E-state index in [1.165, 1.54) is 0 Å². The molecule has 0 saturated heterocycles. The fraction of sp³-hybridized carbons (Fsp3) is 0.348. The summed E-state index contributed by atoms with van der Waals surface area (Å²) in [6, 6.07) is 16.7. The molecule has 0 radical (unpaired) electrons. The van der Waals surface area contributed by atoms with Gasteiger partial charge in [-0.15, -0.1) is 0 Å². The normalized spacial score (nSPS) is 11.0. The molecule has 0 aliphatic heterocycles. The molecule has 1 aromatic heterocycles. The molecule has 5 heteroatoms. The Bertz CT molecular complexity index is 984. The zero-order chi connectivity index (χ0) is 20.1. The quantitative estimate of drug-likeness (QED) is 0.380. The van der Waals surface area contributed by atoms with Crippen molar-refractivity contribution in [2.24, 2.45) is 0 Å². The van der Waals surface area contributed by atoms with E-state index in [0.29, 0.717) is 5.56 Å². The Morgan fingerprint density at radius 2 is 1.93 bits per heavy atom. The van der Waals surface area contributed by atoms with Crippen molar-refractivity contribution in [3.05, 3.63) is 48.0 Å². The first-order chi connectivity index (χ1) is 13.6. The SMILES string of the molecule is CCn1c(-c2ccc(NCCCS)cc2)c(C#N)c2ccc(OC(C)C)cc21. The van der Waals surface area contributed by atoms with Gasteiger partial charge in [0, 0.05) is 30.2 Å². The van der Waals surface area contributed by atoms with Crippen molar-refractivity contribution in [2.45, 2.75) is 39.8 Å². The van der Waals surface area contributed by atoms with E-state index in [-0.39, 0.29) is 6.10 Å². The monoisotopic (exact) mass is 393 g/mol. The van der Waals surface area contributed by atoms with Crippen molar-refractivity contribution < 1.29 is 4.74 Å². The van der Waals surface area contributed by atoms with Crippen LogP contribution in [0.3, 0.4) is 0 Å². The zero-order valence-electron chi connectivity index (χ0n) is 16.7. The predicted molar refractivity (Wildman–Crippen MR) is 120 cm³/mol. The lowest BCUT2D eigenvalue weighted by molar-refractivity contribution is 0.242. The van der Waals surface area contributed by atoms with Crippen LogP contribution in [0.4, 0.5) is 5.69 Å². The van der Waals surface area contributed by atoms with Gasteiger partial charge in [0.2, 0.25) is 0 Å². The van der Waals surface area contributed by atoms with Crippen molar-refractivity contribution in [2.75, 3.05) is 17.6 Å². The number of aryl methyl sites for hydroxylation is 1. The second-order valence-electron chi connectivity index (χ2n) is 7.01. The maximum absolute atomic E-state index is 9.89. The molecule has 0 aliphatic carbocycles. The number of nitrogens with one attached hydrogen (secondary N) is 1. The molecule has 28 heavy (non-hydrogen) atoms. The maximum Gasteiger partial charge on any atom is 0.121 e. The first-order valence-corrected chi connectivity index (χ1v) is 10.4. The fourth-order valence-corrected chi connectivity index (χ4v) is 3.63. The van der Waals surface area contributed by atoms with Gasteiger partial charge in [-0.2, -0.15) is 17.9 Å². The van der Waals surface area contributed by atoms with Crippen LogP contribution in [-0.2, 0) is 6.54 Å². The van der Waals surface area contributed by atoms with Gasteiger partial charge in [0.15, 0.2) is 0 Å². The van der Waals surface area contributed by atoms with Gasteiger partial charge in [0.1, 0.15) is 11.8 Å². The summed E-state index contributed by atoms with van der Waals surface area (Å²) in [5.74, 6) is 1.70. The summed E-state index contributed by atoms with van der Waals surface area (Å²) in [5.41, 5.74) is 4.83. The minimum atomic E-state index is 0.111. The molecule has 3 aromatic rings. The van der Waals surface area contributed by atoms with Crippen LogP contribution >= 0.6 is 12.6 Å². The largest absolute Gasteiger partial charge is 0.491 e. The van der Waals surface area contributed by atoms with E-state index in [4.69, 9.17) is 4.74 Å². The highest BCUT2D eigenvalue weighted by Crippen LogP contribution is 2.35. The summed E-state index contributed by atoms with van der Waals surface area (Å²) in [4.78, 5) is 0. The number of ether oxygens (including phenoxy) is 1. The molecule has 146 valence electrons. The van der Waals surface area contributed by atoms with E-state index < -0.39 is 0 Å². The Hall–Kier alpha value is -2.58. The smallest absolute Gasteiger partial charge is 0.121 e. The van der Waals surface area contributed by atoms with Crippen LogP contribution in [0.5, 0.6) is 5.75 Å². The van der Waals surface area contributed by atoms with Gasteiger partial charge in [-0.1, -0.05) is 12.1 Å². The fourth-order valence-electron chi connectivity index (χ4n) is 3.47. The van der Waals surface area contributed by atoms with Crippen LogP contribution in [0.2, 0.25) is 0 Å². The minimum Gasteiger partial charge on any atom is -0.491 e. The molecule has 0 spiro atoms. The van der Waals surface area contributed by atoms with Gasteiger partial charge in [0.25, 0.3) is 0 Å². The van der Waals surface area contributed by atoms with Crippen molar-refractivity contribution in [1.29, 1.82) is 5.26 Å². The van der Waals surface area contributed by atoms with E-state index in [9.17, 15) is 5.26 Å². The number of hydrogen-bond acceptors (Lipinski definition) is 4. The van der Waals surface area contributed by atoms with E-state index in [1.54, 1.807) is 0 Å². The Kier molecular flexibility index (Phi) is 6.53. The topological polar surface area (TPSA) is 50.0 Å². The summed E-state index contributed by atoms with van der Waals surface area (Å²) in [6.45, 7) is 7.82. The third-order valence-corrected chi connectivity index (χ3v) is 4.97. The number of rotatable bonds is 8. The molecule has 0 aliphatic rings. The molecule has 0 amide bonds. The third-order valence-electron chi connectivity index (χ3n) is 4.66. The molecule has 4 nitrogen and oxygen atoms in total. The highest BCUT2D eigenvalue weighted by molar-refractivity contribution is 7.80. The van der Waals surface area contributed by atoms with Crippen molar-refractivity contribution in [1.82, 2.24) is 4.57 Å². The molecule has 0 bridgehead atoms. The number of hydrogen-bond donors (Lipinski definition) is 2. The van der Waals surface area contributed by atoms with Crippen LogP contribution in [-0.4, -0.2) is 23.0 Å². The number of nitriles is 1. The average Bonchev–Trinajstić information content (AvgIpc) is 3.01. The number of anilines is 1. The van der Waals surface area contributed by atoms with Gasteiger partial charge < -0.3 is 14.6 Å². The van der Waals surface area contributed by atoms with Gasteiger partial charge in [-0.3, -0.25) is 0 Å². The summed E-state index contributed by atoms with van der Waals surface area (Å²) in [5, 5.41) is 14.2. The van der Waals surface area contributed by atoms with Crippen LogP contribution in [0, 0.1) is 11.3 Å². The highest BCUT2D eigenvalue weighted by atomic mass is 32.1. The lowest BCUT2D eigenvalue weighted by Crippen LogP contribution is -2.05. The highest BCUT2D eigenvalue weighted by Gasteiger charge is 2.18. The lowest BCUT2D eigenvalue weighted by atomic mass is 10.1. The molecular weight excluding hydrogens is 366 g/mol. The van der Waals surface area contributed by atoms with Crippen LogP contribution in [0.25, 0.3) is 22.2 Å². The Labute approximate surface area is 172 Å². The Morgan fingerprint density at radius 1 is 1.18 bits per heavy atom. The molecule has 0 fully saturated rings. The summed E-state index contributed by atoms with van der Waals surface area (Å²) < 4.78 is 8.06. The number of thiol groups is 1. The predicted octanol–water partition coefficient (Wildman–Crippen LogP) is 5.72. The molecular formula is C23H27N3OS. The number of nitrogens with zero attached hydrogens (tertiary/aromatic N) is 2. The van der Waals surface area contributed by atoms with E-state index in [2.05, 4.69) is 59.8 Å². The molecule has 2 aromatic carbocycles. The van der Waals surface area contributed by atoms with Gasteiger partial charge in [0.05, 0.1) is 22.9 Å². The van der Waals surface area contributed by atoms with Crippen molar-refractivity contribution in [3.8, 4) is 23.1 Å². The summed E-state index contributed by atoms with van der Waals surface area (Å²) in [6.07, 6.45) is 1.13. The first-order valence-electron chi connectivity index (χ1n) is 9.77. The Morgan fingerprint density at radius 3 is 2.54 bits per heavy atom. The first kappa shape index (κ1) is 20.2. The van der Waals surface area contributed by atoms with Crippen LogP contribution in [0.15, 0.2) is 42.5 Å². The Balaban J connectivity index is 2.05. The maximum atomic E-state index is 9.89. The van der Waals surface area contributed by atoms with E-state index in [1.807, 2.05) is 32.0 Å². The van der Waals surface area contributed by atoms with Crippen molar-refractivity contribution >= 4 is 29.2 Å². The number of aromatic nitrogens is 1. The number of fused-ring (bicyclic) bond motifs is 1. The summed E-state index contributed by atoms with van der Waals surface area (Å²) in [7, 11) is 0. The standard InChI is InChI=1S/C23H27N3OS/c1-4-26-22-14-19(27-16(2)3)10-11-20(22)21(15-24)23(26)17-6-8-18(9-7-17)25-12-5-13-28/h6-11,14,16,25,28H,4-5,12-13H2,1-3H3. The molecule has 0 unspecified atom stereocenters. The van der Waals surface area contributed by atoms with E-state index in [0.717, 1.165) is 58.9 Å². The molecule has 1 heterocycles. The average molecular weight is 394 g/mol. The lowest BCUT2D eigenvalue weighted by Gasteiger charge is -2.12. The number of benzene rings is 2. The molecule has 1 N–H and O–H groups in total. The second kappa shape index (κ2) is 9.07. The van der Waals surface area contributed by atoms with Crippen molar-refractivity contribution in [3.63, 3.8) is 0 Å². The summed E-state index contributed by atoms with van der Waals surface area (Å²) >= 11 is 4.24. The molecule has 0 atom stereocenters. The molecule has 0 saturated carbocycles. The zero-order valence-corrected chi connectivity index (χ0v) is 17.6. The molecule has 3 rings (SSSR count). The van der Waals surface area contributed by atoms with Gasteiger partial charge in [-0.05, 0) is 62.8 Å². The van der Waals surface area contributed by atoms with Gasteiger partial charge in [-0.25, -0.2) is 0 Å². The minimum absolute atomic E-state index is 0.111. The van der Waals surface area contributed by atoms with Crippen LogP contribution in [0.1, 0.15) is 32.8 Å². The van der Waals surface area contributed by atoms with Crippen LogP contribution < -0.4 is 10.1 Å².